The van der Waals surface area contributed by atoms with Crippen molar-refractivity contribution in [1.29, 1.82) is 0 Å². The first kappa shape index (κ1) is 69.0. The maximum atomic E-state index is 7.32. The van der Waals surface area contributed by atoms with Crippen molar-refractivity contribution in [3.63, 3.8) is 0 Å². The Morgan fingerprint density at radius 3 is 0.362 bits per heavy atom. The smallest absolute Gasteiger partial charge is 0.0578 e. The van der Waals surface area contributed by atoms with Gasteiger partial charge in [0.15, 0.2) is 0 Å². The minimum Gasteiger partial charge on any atom is -0.375 e. The lowest BCUT2D eigenvalue weighted by molar-refractivity contribution is -0.0324. The maximum absolute atomic E-state index is 7.32. The van der Waals surface area contributed by atoms with Gasteiger partial charge in [-0.05, 0) is 25.7 Å². The standard InChI is InChI=1S/C68H138O/c1-5-9-13-17-21-25-29-33-37-41-45-49-53-57-61-65-67(63-59-55-51-47-43-39-35-31-27-23-19-15-11-7-3)69-68(64-60-56-52-48-44-40-36-32-28-24-20-16-12-8-4)66-62-58-54-50-46-42-38-34-30-26-22-18-14-10-6-2/h67-68H,5-66H2,1-4H3. The van der Waals surface area contributed by atoms with Gasteiger partial charge in [0.05, 0.1) is 12.2 Å². The van der Waals surface area contributed by atoms with Gasteiger partial charge in [-0.25, -0.2) is 0 Å². The van der Waals surface area contributed by atoms with E-state index in [0.29, 0.717) is 12.2 Å². The van der Waals surface area contributed by atoms with Gasteiger partial charge in [-0.3, -0.25) is 0 Å². The summed E-state index contributed by atoms with van der Waals surface area (Å²) in [5.74, 6) is 0. The zero-order valence-electron chi connectivity index (χ0n) is 49.4. The molecule has 0 aliphatic heterocycles. The predicted molar refractivity (Wildman–Crippen MR) is 318 cm³/mol. The van der Waals surface area contributed by atoms with Gasteiger partial charge < -0.3 is 4.74 Å². The molecule has 69 heavy (non-hydrogen) atoms. The summed E-state index contributed by atoms with van der Waals surface area (Å²) in [6.07, 6.45) is 90.5. The van der Waals surface area contributed by atoms with Gasteiger partial charge in [-0.1, -0.05) is 400 Å². The molecule has 0 saturated carbocycles. The SMILES string of the molecule is CCCCCCCCCCCCCCCCCC(CCCCCCCCCCCCCCCC)OC(CCCCCCCCCCCCCCCC)CCCCCCCCCCCCCCCCC. The summed E-state index contributed by atoms with van der Waals surface area (Å²) in [5.41, 5.74) is 0. The molecule has 0 rings (SSSR count). The van der Waals surface area contributed by atoms with E-state index in [2.05, 4.69) is 27.7 Å². The molecule has 0 heterocycles. The van der Waals surface area contributed by atoms with Gasteiger partial charge in [-0.2, -0.15) is 0 Å². The molecule has 2 atom stereocenters. The lowest BCUT2D eigenvalue weighted by atomic mass is 9.98. The van der Waals surface area contributed by atoms with Gasteiger partial charge in [0.1, 0.15) is 0 Å². The van der Waals surface area contributed by atoms with E-state index in [1.165, 1.54) is 398 Å². The van der Waals surface area contributed by atoms with Gasteiger partial charge in [0.2, 0.25) is 0 Å². The highest BCUT2D eigenvalue weighted by Gasteiger charge is 2.17. The third-order valence-electron chi connectivity index (χ3n) is 16.4. The molecule has 0 N–H and O–H groups in total. The highest BCUT2D eigenvalue weighted by atomic mass is 16.5. The summed E-state index contributed by atoms with van der Waals surface area (Å²) in [4.78, 5) is 0. The fourth-order valence-corrected chi connectivity index (χ4v) is 11.5. The Hall–Kier alpha value is -0.0400. The number of ether oxygens (including phenoxy) is 1. The van der Waals surface area contributed by atoms with E-state index in [4.69, 9.17) is 4.74 Å². The second kappa shape index (κ2) is 64.1. The van der Waals surface area contributed by atoms with E-state index in [1.54, 1.807) is 0 Å². The molecule has 0 aromatic heterocycles. The van der Waals surface area contributed by atoms with E-state index in [9.17, 15) is 0 Å². The van der Waals surface area contributed by atoms with Crippen molar-refractivity contribution in [2.75, 3.05) is 0 Å². The molecule has 0 spiro atoms. The van der Waals surface area contributed by atoms with Gasteiger partial charge in [-0.15, -0.1) is 0 Å². The molecule has 0 aliphatic rings. The first-order valence-electron chi connectivity index (χ1n) is 33.9. The lowest BCUT2D eigenvalue weighted by Gasteiger charge is -2.26. The number of hydrogen-bond donors (Lipinski definition) is 0. The highest BCUT2D eigenvalue weighted by Crippen LogP contribution is 2.25. The molecule has 0 amide bonds. The van der Waals surface area contributed by atoms with Crippen molar-refractivity contribution in [2.24, 2.45) is 0 Å². The van der Waals surface area contributed by atoms with Crippen LogP contribution in [-0.4, -0.2) is 12.2 Å². The summed E-state index contributed by atoms with van der Waals surface area (Å²) in [6, 6.07) is 0. The third kappa shape index (κ3) is 60.4. The molecule has 0 fully saturated rings. The van der Waals surface area contributed by atoms with Crippen LogP contribution in [-0.2, 0) is 4.74 Å². The summed E-state index contributed by atoms with van der Waals surface area (Å²) in [7, 11) is 0. The van der Waals surface area contributed by atoms with Crippen LogP contribution in [0.4, 0.5) is 0 Å². The number of rotatable bonds is 64. The van der Waals surface area contributed by atoms with Crippen molar-refractivity contribution in [1.82, 2.24) is 0 Å². The van der Waals surface area contributed by atoms with Crippen LogP contribution in [0.3, 0.4) is 0 Å². The lowest BCUT2D eigenvalue weighted by Crippen LogP contribution is -2.23. The maximum Gasteiger partial charge on any atom is 0.0578 e. The number of unbranched alkanes of at least 4 members (excludes halogenated alkanes) is 54. The molecule has 0 aliphatic carbocycles. The van der Waals surface area contributed by atoms with Crippen molar-refractivity contribution < 1.29 is 4.74 Å². The Bertz CT molecular complexity index is 783. The Morgan fingerprint density at radius 2 is 0.246 bits per heavy atom. The second-order valence-electron chi connectivity index (χ2n) is 23.6. The molecule has 0 bridgehead atoms. The molecule has 0 saturated heterocycles. The monoisotopic (exact) mass is 971 g/mol. The van der Waals surface area contributed by atoms with Crippen LogP contribution in [0.15, 0.2) is 0 Å². The highest BCUT2D eigenvalue weighted by molar-refractivity contribution is 4.68. The van der Waals surface area contributed by atoms with E-state index >= 15 is 0 Å². The van der Waals surface area contributed by atoms with Crippen LogP contribution < -0.4 is 0 Å². The zero-order valence-corrected chi connectivity index (χ0v) is 49.4. The van der Waals surface area contributed by atoms with Crippen LogP contribution in [0, 0.1) is 0 Å². The molecule has 416 valence electrons. The molecule has 0 radical (unpaired) electrons. The molecular formula is C68H138O. The van der Waals surface area contributed by atoms with Crippen LogP contribution in [0.25, 0.3) is 0 Å². The van der Waals surface area contributed by atoms with Gasteiger partial charge in [0, 0.05) is 0 Å². The Balaban J connectivity index is 4.85. The quantitative estimate of drug-likeness (QED) is 0.0552. The third-order valence-corrected chi connectivity index (χ3v) is 16.4. The second-order valence-corrected chi connectivity index (χ2v) is 23.6. The minimum atomic E-state index is 0.511. The number of hydrogen-bond acceptors (Lipinski definition) is 1. The molecule has 2 unspecified atom stereocenters. The average molecular weight is 972 g/mol. The van der Waals surface area contributed by atoms with Crippen LogP contribution >= 0.6 is 0 Å². The van der Waals surface area contributed by atoms with Crippen molar-refractivity contribution >= 4 is 0 Å². The van der Waals surface area contributed by atoms with Crippen LogP contribution in [0.2, 0.25) is 0 Å². The van der Waals surface area contributed by atoms with Crippen LogP contribution in [0.1, 0.15) is 426 Å². The van der Waals surface area contributed by atoms with Crippen LogP contribution in [0.5, 0.6) is 0 Å². The summed E-state index contributed by atoms with van der Waals surface area (Å²) < 4.78 is 7.32. The molecule has 1 nitrogen and oxygen atoms in total. The summed E-state index contributed by atoms with van der Waals surface area (Å²) in [5, 5.41) is 0. The molecular weight excluding hydrogens is 833 g/mol. The minimum absolute atomic E-state index is 0.511. The summed E-state index contributed by atoms with van der Waals surface area (Å²) in [6.45, 7) is 9.31. The summed E-state index contributed by atoms with van der Waals surface area (Å²) >= 11 is 0. The zero-order chi connectivity index (χ0) is 49.7. The average Bonchev–Trinajstić information content (AvgIpc) is 3.36. The van der Waals surface area contributed by atoms with E-state index in [-0.39, 0.29) is 0 Å². The first-order valence-corrected chi connectivity index (χ1v) is 33.9. The van der Waals surface area contributed by atoms with Gasteiger partial charge in [0.25, 0.3) is 0 Å². The topological polar surface area (TPSA) is 9.23 Å². The van der Waals surface area contributed by atoms with E-state index in [1.807, 2.05) is 0 Å². The van der Waals surface area contributed by atoms with Gasteiger partial charge >= 0.3 is 0 Å². The largest absolute Gasteiger partial charge is 0.375 e. The fourth-order valence-electron chi connectivity index (χ4n) is 11.5. The van der Waals surface area contributed by atoms with Crippen molar-refractivity contribution in [3.05, 3.63) is 0 Å². The Kier molecular flexibility index (Phi) is 64.0. The van der Waals surface area contributed by atoms with E-state index in [0.717, 1.165) is 0 Å². The Morgan fingerprint density at radius 1 is 0.145 bits per heavy atom. The van der Waals surface area contributed by atoms with Crippen molar-refractivity contribution in [3.8, 4) is 0 Å². The van der Waals surface area contributed by atoms with Crippen molar-refractivity contribution in [2.45, 2.75) is 438 Å². The molecule has 1 heteroatoms. The predicted octanol–water partition coefficient (Wildman–Crippen LogP) is 26.0. The first-order chi connectivity index (χ1) is 34.3. The fraction of sp³-hybridized carbons (Fsp3) is 1.00. The Labute approximate surface area is 440 Å². The normalized spacial score (nSPS) is 12.7. The van der Waals surface area contributed by atoms with E-state index < -0.39 is 0 Å². The molecule has 0 aromatic carbocycles. The molecule has 0 aromatic rings.